The first kappa shape index (κ1) is 20.3. The van der Waals surface area contributed by atoms with Crippen LogP contribution in [0.5, 0.6) is 0 Å². The molecular weight excluding hydrogens is 396 g/mol. The summed E-state index contributed by atoms with van der Waals surface area (Å²) in [5, 5.41) is 0.556. The van der Waals surface area contributed by atoms with Gasteiger partial charge in [-0.3, -0.25) is 9.59 Å². The first-order valence-corrected chi connectivity index (χ1v) is 10.2. The Morgan fingerprint density at radius 3 is 2.00 bits per heavy atom. The van der Waals surface area contributed by atoms with Crippen molar-refractivity contribution in [2.75, 3.05) is 25.5 Å². The standard InChI is InChI=1S/C25H23ClN2O2/c1-27(2)17-25(19-11-7-4-8-12-19)22(18-9-5-3-6-10-18)23(29)28(24(25)30)21-15-13-20(26)14-16-21/h3-16,22H,17H2,1-2H3. The highest BCUT2D eigenvalue weighted by molar-refractivity contribution is 6.31. The molecule has 1 saturated heterocycles. The van der Waals surface area contributed by atoms with Crippen LogP contribution in [0.3, 0.4) is 0 Å². The molecule has 0 saturated carbocycles. The van der Waals surface area contributed by atoms with Gasteiger partial charge in [0.15, 0.2) is 0 Å². The van der Waals surface area contributed by atoms with E-state index in [2.05, 4.69) is 0 Å². The average molecular weight is 419 g/mol. The normalized spacial score (nSPS) is 21.5. The lowest BCUT2D eigenvalue weighted by Crippen LogP contribution is -2.47. The predicted molar refractivity (Wildman–Crippen MR) is 120 cm³/mol. The van der Waals surface area contributed by atoms with Gasteiger partial charge in [-0.15, -0.1) is 0 Å². The number of rotatable bonds is 5. The van der Waals surface area contributed by atoms with Crippen molar-refractivity contribution in [3.05, 3.63) is 101 Å². The van der Waals surface area contributed by atoms with Gasteiger partial charge in [0.05, 0.1) is 11.6 Å². The Labute approximate surface area is 181 Å². The zero-order valence-corrected chi connectivity index (χ0v) is 17.7. The van der Waals surface area contributed by atoms with E-state index in [-0.39, 0.29) is 11.8 Å². The average Bonchev–Trinajstić information content (AvgIpc) is 2.97. The van der Waals surface area contributed by atoms with E-state index in [4.69, 9.17) is 11.6 Å². The Bertz CT molecular complexity index is 1050. The third-order valence-corrected chi connectivity index (χ3v) is 5.87. The van der Waals surface area contributed by atoms with E-state index in [9.17, 15) is 9.59 Å². The molecule has 0 bridgehead atoms. The molecule has 2 unspecified atom stereocenters. The molecule has 3 aromatic rings. The minimum atomic E-state index is -1.04. The summed E-state index contributed by atoms with van der Waals surface area (Å²) in [5.74, 6) is -1.07. The molecule has 152 valence electrons. The molecular formula is C25H23ClN2O2. The van der Waals surface area contributed by atoms with E-state index in [0.717, 1.165) is 11.1 Å². The molecule has 0 aromatic heterocycles. The molecule has 0 spiro atoms. The van der Waals surface area contributed by atoms with Crippen LogP contribution in [0.4, 0.5) is 5.69 Å². The predicted octanol–water partition coefficient (Wildman–Crippen LogP) is 4.50. The highest BCUT2D eigenvalue weighted by Crippen LogP contribution is 2.48. The quantitative estimate of drug-likeness (QED) is 0.573. The van der Waals surface area contributed by atoms with Crippen LogP contribution in [0.1, 0.15) is 17.0 Å². The number of amides is 2. The van der Waals surface area contributed by atoms with Crippen LogP contribution >= 0.6 is 11.6 Å². The van der Waals surface area contributed by atoms with E-state index < -0.39 is 11.3 Å². The van der Waals surface area contributed by atoms with E-state index in [1.807, 2.05) is 79.7 Å². The summed E-state index contributed by atoms with van der Waals surface area (Å²) in [5.41, 5.74) is 1.16. The Morgan fingerprint density at radius 2 is 1.43 bits per heavy atom. The summed E-state index contributed by atoms with van der Waals surface area (Å²) in [6, 6.07) is 26.0. The van der Waals surface area contributed by atoms with Crippen molar-refractivity contribution in [1.29, 1.82) is 0 Å². The lowest BCUT2D eigenvalue weighted by Gasteiger charge is -2.35. The van der Waals surface area contributed by atoms with Crippen LogP contribution in [0.2, 0.25) is 5.02 Å². The minimum Gasteiger partial charge on any atom is -0.308 e. The van der Waals surface area contributed by atoms with E-state index >= 15 is 0 Å². The van der Waals surface area contributed by atoms with Crippen molar-refractivity contribution in [1.82, 2.24) is 4.90 Å². The topological polar surface area (TPSA) is 40.6 Å². The lowest BCUT2D eigenvalue weighted by molar-refractivity contribution is -0.123. The second-order valence-corrected chi connectivity index (χ2v) is 8.31. The molecule has 0 radical (unpaired) electrons. The Morgan fingerprint density at radius 1 is 0.867 bits per heavy atom. The largest absolute Gasteiger partial charge is 0.308 e. The number of carbonyl (C=O) groups is 2. The first-order valence-electron chi connectivity index (χ1n) is 9.84. The van der Waals surface area contributed by atoms with Crippen molar-refractivity contribution in [2.24, 2.45) is 0 Å². The van der Waals surface area contributed by atoms with Crippen LogP contribution in [-0.4, -0.2) is 37.4 Å². The Kier molecular flexibility index (Phi) is 5.46. The minimum absolute atomic E-state index is 0.219. The number of hydrogen-bond donors (Lipinski definition) is 0. The molecule has 0 N–H and O–H groups in total. The van der Waals surface area contributed by atoms with Gasteiger partial charge >= 0.3 is 0 Å². The van der Waals surface area contributed by atoms with E-state index in [1.54, 1.807) is 24.3 Å². The summed E-state index contributed by atoms with van der Waals surface area (Å²) >= 11 is 6.04. The van der Waals surface area contributed by atoms with Gasteiger partial charge in [-0.25, -0.2) is 4.90 Å². The van der Waals surface area contributed by atoms with Gasteiger partial charge in [-0.05, 0) is 49.5 Å². The second-order valence-electron chi connectivity index (χ2n) is 7.87. The molecule has 2 atom stereocenters. The molecule has 1 aliphatic rings. The van der Waals surface area contributed by atoms with Crippen LogP contribution in [-0.2, 0) is 15.0 Å². The fourth-order valence-corrected chi connectivity index (χ4v) is 4.57. The van der Waals surface area contributed by atoms with Crippen molar-refractivity contribution in [3.8, 4) is 0 Å². The number of carbonyl (C=O) groups excluding carboxylic acids is 2. The van der Waals surface area contributed by atoms with Gasteiger partial charge in [0.25, 0.3) is 0 Å². The van der Waals surface area contributed by atoms with Gasteiger partial charge < -0.3 is 4.90 Å². The molecule has 2 amide bonds. The second kappa shape index (κ2) is 8.05. The molecule has 0 aliphatic carbocycles. The van der Waals surface area contributed by atoms with Crippen LogP contribution < -0.4 is 4.90 Å². The highest BCUT2D eigenvalue weighted by Gasteiger charge is 2.61. The number of likely N-dealkylation sites (N-methyl/N-ethyl adjacent to an activating group) is 1. The number of benzene rings is 3. The van der Waals surface area contributed by atoms with Gasteiger partial charge in [0.1, 0.15) is 5.41 Å². The van der Waals surface area contributed by atoms with Crippen molar-refractivity contribution in [2.45, 2.75) is 11.3 Å². The lowest BCUT2D eigenvalue weighted by atomic mass is 9.68. The maximum atomic E-state index is 14.1. The van der Waals surface area contributed by atoms with Gasteiger partial charge in [0, 0.05) is 11.6 Å². The number of nitrogens with zero attached hydrogens (tertiary/aromatic N) is 2. The molecule has 3 aromatic carbocycles. The molecule has 30 heavy (non-hydrogen) atoms. The van der Waals surface area contributed by atoms with E-state index in [1.165, 1.54) is 4.90 Å². The monoisotopic (exact) mass is 418 g/mol. The maximum absolute atomic E-state index is 14.1. The third kappa shape index (κ3) is 3.32. The highest BCUT2D eigenvalue weighted by atomic mass is 35.5. The van der Waals surface area contributed by atoms with Crippen molar-refractivity contribution < 1.29 is 9.59 Å². The van der Waals surface area contributed by atoms with Crippen LogP contribution in [0.25, 0.3) is 0 Å². The summed E-state index contributed by atoms with van der Waals surface area (Å²) in [6.45, 7) is 0.408. The number of anilines is 1. The number of hydrogen-bond acceptors (Lipinski definition) is 3. The molecule has 4 rings (SSSR count). The Hall–Kier alpha value is -2.95. The van der Waals surface area contributed by atoms with Crippen LogP contribution in [0, 0.1) is 0 Å². The van der Waals surface area contributed by atoms with Gasteiger partial charge in [-0.1, -0.05) is 72.3 Å². The fourth-order valence-electron chi connectivity index (χ4n) is 4.44. The smallest absolute Gasteiger partial charge is 0.246 e. The molecule has 1 fully saturated rings. The van der Waals surface area contributed by atoms with Gasteiger partial charge in [-0.2, -0.15) is 0 Å². The zero-order chi connectivity index (χ0) is 21.3. The summed E-state index contributed by atoms with van der Waals surface area (Å²) in [7, 11) is 3.85. The molecule has 5 heteroatoms. The zero-order valence-electron chi connectivity index (χ0n) is 17.0. The molecule has 1 heterocycles. The fraction of sp³-hybridized carbons (Fsp3) is 0.200. The number of imide groups is 1. The maximum Gasteiger partial charge on any atom is 0.246 e. The number of halogens is 1. The molecule has 1 aliphatic heterocycles. The SMILES string of the molecule is CN(C)CC1(c2ccccc2)C(=O)N(c2ccc(Cl)cc2)C(=O)C1c1ccccc1. The summed E-state index contributed by atoms with van der Waals surface area (Å²) < 4.78 is 0. The Balaban J connectivity index is 1.97. The van der Waals surface area contributed by atoms with Crippen molar-refractivity contribution in [3.63, 3.8) is 0 Å². The van der Waals surface area contributed by atoms with Crippen LogP contribution in [0.15, 0.2) is 84.9 Å². The third-order valence-electron chi connectivity index (χ3n) is 5.62. The van der Waals surface area contributed by atoms with Crippen molar-refractivity contribution >= 4 is 29.1 Å². The summed E-state index contributed by atoms with van der Waals surface area (Å²) in [6.07, 6.45) is 0. The molecule has 4 nitrogen and oxygen atoms in total. The summed E-state index contributed by atoms with van der Waals surface area (Å²) in [4.78, 5) is 31.2. The van der Waals surface area contributed by atoms with Gasteiger partial charge in [0.2, 0.25) is 11.8 Å². The van der Waals surface area contributed by atoms with E-state index in [0.29, 0.717) is 17.3 Å². The first-order chi connectivity index (χ1) is 14.4.